The largest absolute Gasteiger partial charge is 0.367 e. The lowest BCUT2D eigenvalue weighted by Gasteiger charge is -2.34. The highest BCUT2D eigenvalue weighted by Crippen LogP contribution is 2.19. The number of pyridine rings is 1. The van der Waals surface area contributed by atoms with Crippen molar-refractivity contribution in [1.29, 1.82) is 0 Å². The highest BCUT2D eigenvalue weighted by Gasteiger charge is 2.17. The maximum absolute atomic E-state index is 12.6. The zero-order valence-corrected chi connectivity index (χ0v) is 15.0. The van der Waals surface area contributed by atoms with Crippen LogP contribution in [0.4, 0.5) is 17.1 Å². The van der Waals surface area contributed by atoms with Gasteiger partial charge in [0.15, 0.2) is 0 Å². The molecule has 3 rings (SSSR count). The third kappa shape index (κ3) is 4.81. The van der Waals surface area contributed by atoms with E-state index in [9.17, 15) is 14.4 Å². The summed E-state index contributed by atoms with van der Waals surface area (Å²) in [7, 11) is 0. The Kier molecular flexibility index (Phi) is 5.65. The summed E-state index contributed by atoms with van der Waals surface area (Å²) in [4.78, 5) is 42.6. The van der Waals surface area contributed by atoms with E-state index in [0.717, 1.165) is 12.1 Å². The molecule has 0 bridgehead atoms. The van der Waals surface area contributed by atoms with Crippen LogP contribution in [0.5, 0.6) is 0 Å². The van der Waals surface area contributed by atoms with Crippen LogP contribution >= 0.6 is 0 Å². The van der Waals surface area contributed by atoms with Crippen LogP contribution < -0.4 is 15.5 Å². The molecular weight excluding hydrogens is 346 g/mol. The fourth-order valence-corrected chi connectivity index (χ4v) is 2.89. The molecule has 0 atom stereocenters. The summed E-state index contributed by atoms with van der Waals surface area (Å²) in [6, 6.07) is 8.73. The van der Waals surface area contributed by atoms with Gasteiger partial charge in [0.25, 0.3) is 5.91 Å². The average Bonchev–Trinajstić information content (AvgIpc) is 2.68. The minimum absolute atomic E-state index is 0.176. The number of carbonyl (C=O) groups excluding carboxylic acids is 3. The normalized spacial score (nSPS) is 13.8. The Balaban J connectivity index is 1.69. The van der Waals surface area contributed by atoms with Gasteiger partial charge in [-0.3, -0.25) is 19.4 Å². The first kappa shape index (κ1) is 18.4. The first-order valence-corrected chi connectivity index (χ1v) is 8.63. The summed E-state index contributed by atoms with van der Waals surface area (Å²) >= 11 is 0. The molecule has 0 radical (unpaired) electrons. The minimum atomic E-state index is -0.282. The molecule has 3 amide bonds. The molecule has 8 nitrogen and oxygen atoms in total. The molecule has 1 fully saturated rings. The van der Waals surface area contributed by atoms with E-state index in [1.807, 2.05) is 0 Å². The van der Waals surface area contributed by atoms with E-state index in [-0.39, 0.29) is 11.8 Å². The number of aromatic nitrogens is 1. The second-order valence-electron chi connectivity index (χ2n) is 6.28. The summed E-state index contributed by atoms with van der Waals surface area (Å²) in [5.41, 5.74) is 2.48. The summed E-state index contributed by atoms with van der Waals surface area (Å²) in [6.07, 6.45) is 4.08. The van der Waals surface area contributed by atoms with E-state index in [1.165, 1.54) is 13.1 Å². The number of amides is 3. The zero-order valence-electron chi connectivity index (χ0n) is 15.0. The quantitative estimate of drug-likeness (QED) is 0.783. The molecule has 1 aliphatic heterocycles. The molecule has 8 heteroatoms. The summed E-state index contributed by atoms with van der Waals surface area (Å²) in [5.74, 6) is -0.457. The van der Waals surface area contributed by atoms with Crippen molar-refractivity contribution in [2.24, 2.45) is 0 Å². The highest BCUT2D eigenvalue weighted by molar-refractivity contribution is 6.05. The minimum Gasteiger partial charge on any atom is -0.367 e. The molecule has 27 heavy (non-hydrogen) atoms. The molecule has 2 N–H and O–H groups in total. The van der Waals surface area contributed by atoms with Crippen LogP contribution in [0.15, 0.2) is 42.7 Å². The molecule has 0 aliphatic carbocycles. The monoisotopic (exact) mass is 367 g/mol. The molecule has 2 heterocycles. The SMILES string of the molecule is CC(=O)Nc1cccc(NC(=O)c2cncc(N3CCN(C=O)CC3)c2)c1. The fourth-order valence-electron chi connectivity index (χ4n) is 2.89. The lowest BCUT2D eigenvalue weighted by Crippen LogP contribution is -2.45. The van der Waals surface area contributed by atoms with Gasteiger partial charge in [0, 0.05) is 50.7 Å². The Morgan fingerprint density at radius 1 is 1.04 bits per heavy atom. The van der Waals surface area contributed by atoms with Crippen molar-refractivity contribution >= 4 is 35.3 Å². The van der Waals surface area contributed by atoms with Crippen LogP contribution in [-0.4, -0.2) is 54.3 Å². The third-order valence-corrected chi connectivity index (χ3v) is 4.26. The van der Waals surface area contributed by atoms with Crippen molar-refractivity contribution < 1.29 is 14.4 Å². The second-order valence-corrected chi connectivity index (χ2v) is 6.28. The standard InChI is InChI=1S/C19H21N5O3/c1-14(26)21-16-3-2-4-17(10-16)22-19(27)15-9-18(12-20-11-15)24-7-5-23(13-25)6-8-24/h2-4,9-13H,5-8H2,1H3,(H,21,26)(H,22,27). The van der Waals surface area contributed by atoms with Crippen LogP contribution in [-0.2, 0) is 9.59 Å². The van der Waals surface area contributed by atoms with E-state index >= 15 is 0 Å². The van der Waals surface area contributed by atoms with E-state index in [1.54, 1.807) is 41.4 Å². The lowest BCUT2D eigenvalue weighted by molar-refractivity contribution is -0.118. The van der Waals surface area contributed by atoms with Crippen LogP contribution in [0.2, 0.25) is 0 Å². The van der Waals surface area contributed by atoms with Gasteiger partial charge in [-0.25, -0.2) is 0 Å². The smallest absolute Gasteiger partial charge is 0.257 e. The molecule has 0 saturated carbocycles. The zero-order chi connectivity index (χ0) is 19.2. The first-order valence-electron chi connectivity index (χ1n) is 8.63. The number of nitrogens with one attached hydrogen (secondary N) is 2. The molecule has 1 aliphatic rings. The first-order chi connectivity index (χ1) is 13.0. The number of rotatable bonds is 5. The molecule has 0 unspecified atom stereocenters. The second kappa shape index (κ2) is 8.31. The van der Waals surface area contributed by atoms with Crippen molar-refractivity contribution in [3.05, 3.63) is 48.3 Å². The number of benzene rings is 1. The van der Waals surface area contributed by atoms with Crippen molar-refractivity contribution in [2.45, 2.75) is 6.92 Å². The molecule has 1 aromatic heterocycles. The topological polar surface area (TPSA) is 94.6 Å². The van der Waals surface area contributed by atoms with Gasteiger partial charge in [0.05, 0.1) is 17.4 Å². The molecular formula is C19H21N5O3. The van der Waals surface area contributed by atoms with Crippen molar-refractivity contribution in [2.75, 3.05) is 41.7 Å². The van der Waals surface area contributed by atoms with Crippen LogP contribution in [0.3, 0.4) is 0 Å². The van der Waals surface area contributed by atoms with Gasteiger partial charge in [-0.1, -0.05) is 6.07 Å². The van der Waals surface area contributed by atoms with Crippen LogP contribution in [0.25, 0.3) is 0 Å². The number of hydrogen-bond acceptors (Lipinski definition) is 5. The molecule has 140 valence electrons. The fraction of sp³-hybridized carbons (Fsp3) is 0.263. The van der Waals surface area contributed by atoms with Crippen LogP contribution in [0.1, 0.15) is 17.3 Å². The van der Waals surface area contributed by atoms with Gasteiger partial charge < -0.3 is 20.4 Å². The number of piperazine rings is 1. The predicted molar refractivity (Wildman–Crippen MR) is 103 cm³/mol. The Morgan fingerprint density at radius 3 is 2.41 bits per heavy atom. The van der Waals surface area contributed by atoms with Crippen LogP contribution in [0, 0.1) is 0 Å². The summed E-state index contributed by atoms with van der Waals surface area (Å²) in [5, 5.41) is 5.50. The Labute approximate surface area is 157 Å². The molecule has 2 aromatic rings. The van der Waals surface area contributed by atoms with Gasteiger partial charge in [-0.05, 0) is 24.3 Å². The number of anilines is 3. The average molecular weight is 367 g/mol. The van der Waals surface area contributed by atoms with Gasteiger partial charge in [-0.2, -0.15) is 0 Å². The highest BCUT2D eigenvalue weighted by atomic mass is 16.2. The summed E-state index contributed by atoms with van der Waals surface area (Å²) in [6.45, 7) is 4.12. The van der Waals surface area contributed by atoms with Crippen molar-refractivity contribution in [1.82, 2.24) is 9.88 Å². The maximum atomic E-state index is 12.6. The van der Waals surface area contributed by atoms with Gasteiger partial charge in [0.1, 0.15) is 0 Å². The third-order valence-electron chi connectivity index (χ3n) is 4.26. The summed E-state index contributed by atoms with van der Waals surface area (Å²) < 4.78 is 0. The molecule has 1 saturated heterocycles. The van der Waals surface area contributed by atoms with E-state index in [0.29, 0.717) is 43.1 Å². The van der Waals surface area contributed by atoms with Gasteiger partial charge >= 0.3 is 0 Å². The number of hydrogen-bond donors (Lipinski definition) is 2. The number of nitrogens with zero attached hydrogens (tertiary/aromatic N) is 3. The Bertz CT molecular complexity index is 847. The van der Waals surface area contributed by atoms with Crippen molar-refractivity contribution in [3.8, 4) is 0 Å². The van der Waals surface area contributed by atoms with Gasteiger partial charge in [-0.15, -0.1) is 0 Å². The van der Waals surface area contributed by atoms with Crippen molar-refractivity contribution in [3.63, 3.8) is 0 Å². The molecule has 1 aromatic carbocycles. The lowest BCUT2D eigenvalue weighted by atomic mass is 10.2. The van der Waals surface area contributed by atoms with E-state index in [4.69, 9.17) is 0 Å². The number of carbonyl (C=O) groups is 3. The van der Waals surface area contributed by atoms with E-state index < -0.39 is 0 Å². The van der Waals surface area contributed by atoms with Gasteiger partial charge in [0.2, 0.25) is 12.3 Å². The predicted octanol–water partition coefficient (Wildman–Crippen LogP) is 1.57. The van der Waals surface area contributed by atoms with E-state index in [2.05, 4.69) is 20.5 Å². The maximum Gasteiger partial charge on any atom is 0.257 e. The Hall–Kier alpha value is -3.42. The Morgan fingerprint density at radius 2 is 1.74 bits per heavy atom. The molecule has 0 spiro atoms.